The predicted molar refractivity (Wildman–Crippen MR) is 79.9 cm³/mol. The van der Waals surface area contributed by atoms with Crippen LogP contribution in [0.25, 0.3) is 0 Å². The zero-order valence-corrected chi connectivity index (χ0v) is 11.9. The molecule has 0 spiro atoms. The molecule has 0 aliphatic rings. The van der Waals surface area contributed by atoms with E-state index < -0.39 is 0 Å². The molecule has 0 aliphatic carbocycles. The van der Waals surface area contributed by atoms with E-state index in [2.05, 4.69) is 54.9 Å². The Bertz CT molecular complexity index is 474. The summed E-state index contributed by atoms with van der Waals surface area (Å²) in [6, 6.07) is 11.0. The highest BCUT2D eigenvalue weighted by atomic mass is 32.1. The van der Waals surface area contributed by atoms with Crippen LogP contribution in [0.5, 0.6) is 0 Å². The van der Waals surface area contributed by atoms with Gasteiger partial charge < -0.3 is 5.73 Å². The molecule has 2 heteroatoms. The lowest BCUT2D eigenvalue weighted by Crippen LogP contribution is -2.13. The van der Waals surface area contributed by atoms with Crippen molar-refractivity contribution in [2.45, 2.75) is 32.7 Å². The Kier molecular flexibility index (Phi) is 4.56. The van der Waals surface area contributed by atoms with Crippen LogP contribution < -0.4 is 5.73 Å². The summed E-state index contributed by atoms with van der Waals surface area (Å²) in [5, 5.41) is 4.29. The maximum atomic E-state index is 6.29. The van der Waals surface area contributed by atoms with Gasteiger partial charge in [0.1, 0.15) is 0 Å². The summed E-state index contributed by atoms with van der Waals surface area (Å²) in [6.07, 6.45) is 2.05. The van der Waals surface area contributed by atoms with E-state index in [0.717, 1.165) is 12.8 Å². The van der Waals surface area contributed by atoms with E-state index in [1.165, 1.54) is 16.7 Å². The summed E-state index contributed by atoms with van der Waals surface area (Å²) < 4.78 is 0. The maximum absolute atomic E-state index is 6.29. The second kappa shape index (κ2) is 6.17. The molecular weight excluding hydrogens is 238 g/mol. The molecular formula is C16H21NS. The Morgan fingerprint density at radius 2 is 1.94 bits per heavy atom. The fraction of sp³-hybridized carbons (Fsp3) is 0.375. The average Bonchev–Trinajstić information content (AvgIpc) is 2.81. The van der Waals surface area contributed by atoms with E-state index in [9.17, 15) is 0 Å². The Morgan fingerprint density at radius 3 is 2.61 bits per heavy atom. The monoisotopic (exact) mass is 259 g/mol. The van der Waals surface area contributed by atoms with Gasteiger partial charge in [0, 0.05) is 6.04 Å². The number of rotatable bonds is 5. The molecule has 0 bridgehead atoms. The van der Waals surface area contributed by atoms with Crippen LogP contribution in [-0.4, -0.2) is 0 Å². The SMILES string of the molecule is CC(C)Cc1cccc(C(N)Cc2ccsc2)c1. The predicted octanol–water partition coefficient (Wildman–Crippen LogP) is 4.19. The molecule has 0 fully saturated rings. The Labute approximate surface area is 114 Å². The number of thiophene rings is 1. The molecule has 1 atom stereocenters. The van der Waals surface area contributed by atoms with Crippen LogP contribution in [0.4, 0.5) is 0 Å². The first-order valence-corrected chi connectivity index (χ1v) is 7.45. The third-order valence-electron chi connectivity index (χ3n) is 3.06. The Balaban J connectivity index is 2.07. The van der Waals surface area contributed by atoms with Gasteiger partial charge in [-0.05, 0) is 52.3 Å². The van der Waals surface area contributed by atoms with Crippen molar-refractivity contribution >= 4 is 11.3 Å². The van der Waals surface area contributed by atoms with Crippen LogP contribution in [-0.2, 0) is 12.8 Å². The molecule has 2 rings (SSSR count). The van der Waals surface area contributed by atoms with Crippen LogP contribution >= 0.6 is 11.3 Å². The molecule has 0 saturated heterocycles. The quantitative estimate of drug-likeness (QED) is 0.856. The first kappa shape index (κ1) is 13.3. The van der Waals surface area contributed by atoms with Crippen LogP contribution in [0.2, 0.25) is 0 Å². The van der Waals surface area contributed by atoms with Crippen molar-refractivity contribution in [3.63, 3.8) is 0 Å². The second-order valence-corrected chi connectivity index (χ2v) is 6.07. The molecule has 96 valence electrons. The molecule has 0 radical (unpaired) electrons. The van der Waals surface area contributed by atoms with Gasteiger partial charge >= 0.3 is 0 Å². The van der Waals surface area contributed by atoms with Gasteiger partial charge in [-0.2, -0.15) is 11.3 Å². The van der Waals surface area contributed by atoms with E-state index >= 15 is 0 Å². The Hall–Kier alpha value is -1.12. The summed E-state index contributed by atoms with van der Waals surface area (Å²) in [5.74, 6) is 0.688. The summed E-state index contributed by atoms with van der Waals surface area (Å²) in [7, 11) is 0. The smallest absolute Gasteiger partial charge is 0.0336 e. The van der Waals surface area contributed by atoms with Crippen molar-refractivity contribution in [3.8, 4) is 0 Å². The molecule has 0 aliphatic heterocycles. The topological polar surface area (TPSA) is 26.0 Å². The third kappa shape index (κ3) is 3.69. The van der Waals surface area contributed by atoms with Crippen LogP contribution in [0.1, 0.15) is 36.6 Å². The number of hydrogen-bond donors (Lipinski definition) is 1. The van der Waals surface area contributed by atoms with Crippen LogP contribution in [0.3, 0.4) is 0 Å². The van der Waals surface area contributed by atoms with Crippen LogP contribution in [0, 0.1) is 5.92 Å². The fourth-order valence-corrected chi connectivity index (χ4v) is 2.88. The van der Waals surface area contributed by atoms with E-state index in [1.54, 1.807) is 11.3 Å². The molecule has 2 N–H and O–H groups in total. The molecule has 18 heavy (non-hydrogen) atoms. The normalized spacial score (nSPS) is 12.9. The van der Waals surface area contributed by atoms with Crippen molar-refractivity contribution in [1.82, 2.24) is 0 Å². The lowest BCUT2D eigenvalue weighted by Gasteiger charge is -2.13. The zero-order chi connectivity index (χ0) is 13.0. The minimum Gasteiger partial charge on any atom is -0.324 e. The van der Waals surface area contributed by atoms with Crippen molar-refractivity contribution in [3.05, 3.63) is 57.8 Å². The first-order valence-electron chi connectivity index (χ1n) is 6.50. The summed E-state index contributed by atoms with van der Waals surface area (Å²) in [5.41, 5.74) is 10.3. The van der Waals surface area contributed by atoms with E-state index in [4.69, 9.17) is 5.73 Å². The standard InChI is InChI=1S/C16H21NS/c1-12(2)8-13-4-3-5-15(9-13)16(17)10-14-6-7-18-11-14/h3-7,9,11-12,16H,8,10,17H2,1-2H3. The van der Waals surface area contributed by atoms with Gasteiger partial charge in [-0.15, -0.1) is 0 Å². The van der Waals surface area contributed by atoms with Crippen molar-refractivity contribution < 1.29 is 0 Å². The maximum Gasteiger partial charge on any atom is 0.0336 e. The second-order valence-electron chi connectivity index (χ2n) is 5.29. The summed E-state index contributed by atoms with van der Waals surface area (Å²) in [4.78, 5) is 0. The van der Waals surface area contributed by atoms with E-state index in [1.807, 2.05) is 0 Å². The van der Waals surface area contributed by atoms with Gasteiger partial charge in [0.15, 0.2) is 0 Å². The lowest BCUT2D eigenvalue weighted by atomic mass is 9.96. The summed E-state index contributed by atoms with van der Waals surface area (Å²) >= 11 is 1.73. The minimum absolute atomic E-state index is 0.103. The molecule has 1 nitrogen and oxygen atoms in total. The van der Waals surface area contributed by atoms with Gasteiger partial charge in [-0.25, -0.2) is 0 Å². The van der Waals surface area contributed by atoms with Gasteiger partial charge in [-0.1, -0.05) is 38.1 Å². The number of nitrogens with two attached hydrogens (primary N) is 1. The van der Waals surface area contributed by atoms with Gasteiger partial charge in [0.05, 0.1) is 0 Å². The Morgan fingerprint density at radius 1 is 1.11 bits per heavy atom. The highest BCUT2D eigenvalue weighted by Crippen LogP contribution is 2.20. The fourth-order valence-electron chi connectivity index (χ4n) is 2.20. The molecule has 0 saturated carbocycles. The van der Waals surface area contributed by atoms with Gasteiger partial charge in [0.25, 0.3) is 0 Å². The third-order valence-corrected chi connectivity index (χ3v) is 3.79. The number of hydrogen-bond acceptors (Lipinski definition) is 2. The van der Waals surface area contributed by atoms with Crippen molar-refractivity contribution in [2.24, 2.45) is 11.7 Å². The first-order chi connectivity index (χ1) is 8.65. The minimum atomic E-state index is 0.103. The largest absolute Gasteiger partial charge is 0.324 e. The number of benzene rings is 1. The highest BCUT2D eigenvalue weighted by molar-refractivity contribution is 7.07. The molecule has 1 aromatic carbocycles. The van der Waals surface area contributed by atoms with Gasteiger partial charge in [0.2, 0.25) is 0 Å². The highest BCUT2D eigenvalue weighted by Gasteiger charge is 2.08. The van der Waals surface area contributed by atoms with E-state index in [-0.39, 0.29) is 6.04 Å². The molecule has 1 aromatic heterocycles. The molecule has 0 amide bonds. The van der Waals surface area contributed by atoms with Crippen molar-refractivity contribution in [1.29, 1.82) is 0 Å². The summed E-state index contributed by atoms with van der Waals surface area (Å²) in [6.45, 7) is 4.50. The zero-order valence-electron chi connectivity index (χ0n) is 11.1. The molecule has 2 aromatic rings. The van der Waals surface area contributed by atoms with E-state index in [0.29, 0.717) is 5.92 Å². The van der Waals surface area contributed by atoms with Gasteiger partial charge in [-0.3, -0.25) is 0 Å². The van der Waals surface area contributed by atoms with Crippen LogP contribution in [0.15, 0.2) is 41.1 Å². The molecule has 1 unspecified atom stereocenters. The lowest BCUT2D eigenvalue weighted by molar-refractivity contribution is 0.644. The molecule has 1 heterocycles. The van der Waals surface area contributed by atoms with Crippen molar-refractivity contribution in [2.75, 3.05) is 0 Å². The average molecular weight is 259 g/mol.